The monoisotopic (exact) mass is 658 g/mol. The van der Waals surface area contributed by atoms with E-state index in [1.165, 1.54) is 0 Å². The second-order valence-electron chi connectivity index (χ2n) is 9.61. The predicted molar refractivity (Wildman–Crippen MR) is 165 cm³/mol. The summed E-state index contributed by atoms with van der Waals surface area (Å²) in [6.45, 7) is 8.45. The average molecular weight is 659 g/mol. The summed E-state index contributed by atoms with van der Waals surface area (Å²) in [6, 6.07) is 0.616. The minimum absolute atomic E-state index is 0.0765. The lowest BCUT2D eigenvalue weighted by molar-refractivity contribution is -0.144. The predicted octanol–water partition coefficient (Wildman–Crippen LogP) is -0.0663. The van der Waals surface area contributed by atoms with Crippen molar-refractivity contribution in [2.24, 2.45) is 0 Å². The maximum atomic E-state index is 13.0. The van der Waals surface area contributed by atoms with Gasteiger partial charge in [-0.1, -0.05) is 26.5 Å². The van der Waals surface area contributed by atoms with Crippen LogP contribution in [0.3, 0.4) is 0 Å². The number of unbranched alkanes of at least 4 members (excludes halogenated alkanes) is 1. The van der Waals surface area contributed by atoms with Crippen LogP contribution in [0.25, 0.3) is 0 Å². The third kappa shape index (κ3) is 13.1. The molecule has 0 bridgehead atoms. The fourth-order valence-electron chi connectivity index (χ4n) is 4.21. The summed E-state index contributed by atoms with van der Waals surface area (Å²) >= 11 is 0. The van der Waals surface area contributed by atoms with Crippen LogP contribution < -0.4 is 17.1 Å². The van der Waals surface area contributed by atoms with Crippen molar-refractivity contribution in [1.82, 2.24) is 18.6 Å². The Balaban J connectivity index is 2.94. The van der Waals surface area contributed by atoms with E-state index in [2.05, 4.69) is 25.0 Å². The Labute approximate surface area is 263 Å². The van der Waals surface area contributed by atoms with Gasteiger partial charge in [0.05, 0.1) is 26.1 Å². The van der Waals surface area contributed by atoms with Crippen LogP contribution in [0.5, 0.6) is 0 Å². The van der Waals surface area contributed by atoms with E-state index in [0.717, 1.165) is 42.5 Å². The molecule has 0 fully saturated rings. The van der Waals surface area contributed by atoms with Gasteiger partial charge in [-0.25, -0.2) is 37.7 Å². The normalized spacial score (nSPS) is 11.3. The molecular weight excluding hydrogens is 612 g/mol. The van der Waals surface area contributed by atoms with Gasteiger partial charge in [0.25, 0.3) is 0 Å². The quantitative estimate of drug-likeness (QED) is 0.0625. The molecule has 0 aliphatic carbocycles. The molecule has 0 spiro atoms. The fraction of sp³-hybridized carbons (Fsp3) is 0.643. The molecule has 1 aromatic heterocycles. The van der Waals surface area contributed by atoms with Crippen LogP contribution in [0.15, 0.2) is 39.7 Å². The Hall–Kier alpha value is -3.64. The van der Waals surface area contributed by atoms with Gasteiger partial charge in [0, 0.05) is 46.1 Å². The van der Waals surface area contributed by atoms with Gasteiger partial charge in [-0.2, -0.15) is 0 Å². The van der Waals surface area contributed by atoms with Crippen LogP contribution in [0.1, 0.15) is 32.6 Å². The molecule has 254 valence electrons. The summed E-state index contributed by atoms with van der Waals surface area (Å²) in [5.41, 5.74) is -2.96. The average Bonchev–Trinajstić information content (AvgIpc) is 3.04. The fourth-order valence-corrected chi connectivity index (χ4v) is 5.92. The molecule has 0 radical (unpaired) electrons. The van der Waals surface area contributed by atoms with E-state index in [1.54, 1.807) is 21.3 Å². The highest BCUT2D eigenvalue weighted by atomic mass is 28.4. The number of carbonyl (C=O) groups excluding carboxylic acids is 3. The lowest BCUT2D eigenvalue weighted by atomic mass is 10.2. The maximum absolute atomic E-state index is 13.0. The molecule has 1 heterocycles. The van der Waals surface area contributed by atoms with Gasteiger partial charge >= 0.3 is 43.8 Å². The summed E-state index contributed by atoms with van der Waals surface area (Å²) in [7, 11) is 1.97. The zero-order valence-electron chi connectivity index (χ0n) is 26.7. The number of hydrogen-bond donors (Lipinski definition) is 0. The number of rotatable bonds is 24. The van der Waals surface area contributed by atoms with Crippen LogP contribution in [-0.4, -0.2) is 106 Å². The van der Waals surface area contributed by atoms with Crippen LogP contribution in [0, 0.1) is 0 Å². The topological polar surface area (TPSA) is 176 Å². The molecule has 1 rings (SSSR count). The standard InChI is InChI=1S/C28H46N4O12Si/c1-7-10-13-29(14-11-22-45(39-4,40-5)41-6)15-12-25(35)44-21-18-32-27(37)30(16-19-42-23(33)8-2)26(36)31(28(32)38)17-20-43-24(34)9-3/h8-9H,2-3,7,10-22H2,1,4-6H3. The lowest BCUT2D eigenvalue weighted by Gasteiger charge is -2.26. The summed E-state index contributed by atoms with van der Waals surface area (Å²) in [5, 5.41) is 0. The van der Waals surface area contributed by atoms with Gasteiger partial charge in [-0.15, -0.1) is 0 Å². The first-order valence-electron chi connectivity index (χ1n) is 14.6. The number of carbonyl (C=O) groups is 3. The number of esters is 3. The van der Waals surface area contributed by atoms with E-state index in [1.807, 2.05) is 0 Å². The minimum atomic E-state index is -2.71. The van der Waals surface area contributed by atoms with E-state index < -0.39 is 43.8 Å². The second kappa shape index (κ2) is 21.2. The van der Waals surface area contributed by atoms with E-state index in [0.29, 0.717) is 28.3 Å². The van der Waals surface area contributed by atoms with Gasteiger partial charge < -0.3 is 32.4 Å². The number of nitrogens with zero attached hydrogens (tertiary/aromatic N) is 4. The van der Waals surface area contributed by atoms with Crippen molar-refractivity contribution in [3.05, 3.63) is 56.8 Å². The molecule has 0 unspecified atom stereocenters. The molecule has 0 amide bonds. The van der Waals surface area contributed by atoms with Crippen LogP contribution in [-0.2, 0) is 61.5 Å². The molecule has 1 aromatic rings. The SMILES string of the molecule is C=CC(=O)OCCn1c(=O)n(CCOC(=O)C=C)c(=O)n(CCOC(=O)CCN(CCCC)CCC[Si](OC)(OC)OC)c1=O. The highest BCUT2D eigenvalue weighted by Gasteiger charge is 2.37. The molecule has 0 aliphatic heterocycles. The van der Waals surface area contributed by atoms with Crippen molar-refractivity contribution in [3.8, 4) is 0 Å². The smallest absolute Gasteiger partial charge is 0.464 e. The van der Waals surface area contributed by atoms with Gasteiger partial charge in [0.1, 0.15) is 19.8 Å². The highest BCUT2D eigenvalue weighted by Crippen LogP contribution is 2.15. The third-order valence-corrected chi connectivity index (χ3v) is 9.60. The van der Waals surface area contributed by atoms with Gasteiger partial charge in [-0.3, -0.25) is 4.79 Å². The summed E-state index contributed by atoms with van der Waals surface area (Å²) in [4.78, 5) is 76.5. The number of hydrogen-bond acceptors (Lipinski definition) is 13. The molecule has 16 nitrogen and oxygen atoms in total. The molecular formula is C28H46N4O12Si. The molecule has 0 N–H and O–H groups in total. The van der Waals surface area contributed by atoms with Crippen molar-refractivity contribution < 1.29 is 41.9 Å². The number of ether oxygens (including phenoxy) is 3. The summed E-state index contributed by atoms with van der Waals surface area (Å²) in [5.74, 6) is -2.05. The molecule has 0 aromatic carbocycles. The van der Waals surface area contributed by atoms with Crippen molar-refractivity contribution in [2.75, 3.05) is 60.8 Å². The Morgan fingerprint density at radius 2 is 1.13 bits per heavy atom. The largest absolute Gasteiger partial charge is 0.500 e. The van der Waals surface area contributed by atoms with Crippen molar-refractivity contribution in [1.29, 1.82) is 0 Å². The molecule has 0 saturated heterocycles. The van der Waals surface area contributed by atoms with Crippen LogP contribution >= 0.6 is 0 Å². The van der Waals surface area contributed by atoms with Crippen LogP contribution in [0.2, 0.25) is 6.04 Å². The molecule has 0 aliphatic rings. The van der Waals surface area contributed by atoms with Crippen molar-refractivity contribution >= 4 is 26.7 Å². The van der Waals surface area contributed by atoms with E-state index in [4.69, 9.17) is 27.5 Å². The molecule has 0 atom stereocenters. The van der Waals surface area contributed by atoms with E-state index in [-0.39, 0.29) is 45.9 Å². The lowest BCUT2D eigenvalue weighted by Crippen LogP contribution is -2.55. The van der Waals surface area contributed by atoms with Crippen molar-refractivity contribution in [2.45, 2.75) is 58.3 Å². The van der Waals surface area contributed by atoms with Gasteiger partial charge in [0.2, 0.25) is 0 Å². The Morgan fingerprint density at radius 3 is 1.53 bits per heavy atom. The van der Waals surface area contributed by atoms with Gasteiger partial charge in [0.15, 0.2) is 0 Å². The zero-order valence-corrected chi connectivity index (χ0v) is 27.7. The molecule has 0 saturated carbocycles. The summed E-state index contributed by atoms with van der Waals surface area (Å²) < 4.78 is 33.6. The molecule has 17 heteroatoms. The Bertz CT molecular complexity index is 1230. The summed E-state index contributed by atoms with van der Waals surface area (Å²) in [6.07, 6.45) is 4.58. The van der Waals surface area contributed by atoms with Crippen molar-refractivity contribution in [3.63, 3.8) is 0 Å². The van der Waals surface area contributed by atoms with Crippen LogP contribution in [0.4, 0.5) is 0 Å². The zero-order chi connectivity index (χ0) is 33.8. The highest BCUT2D eigenvalue weighted by molar-refractivity contribution is 6.60. The first-order chi connectivity index (χ1) is 21.5. The third-order valence-electron chi connectivity index (χ3n) is 6.77. The first kappa shape index (κ1) is 39.4. The maximum Gasteiger partial charge on any atom is 0.500 e. The van der Waals surface area contributed by atoms with Gasteiger partial charge in [-0.05, 0) is 25.9 Å². The minimum Gasteiger partial charge on any atom is -0.464 e. The number of aromatic nitrogens is 3. The first-order valence-corrected chi connectivity index (χ1v) is 16.5. The van der Waals surface area contributed by atoms with E-state index >= 15 is 0 Å². The Kier molecular flexibility index (Phi) is 18.5. The second-order valence-corrected chi connectivity index (χ2v) is 12.7. The molecule has 45 heavy (non-hydrogen) atoms. The van der Waals surface area contributed by atoms with E-state index in [9.17, 15) is 28.8 Å². The Morgan fingerprint density at radius 1 is 0.711 bits per heavy atom.